The Labute approximate surface area is 169 Å². The fraction of sp³-hybridized carbons (Fsp3) is 0.0952. The number of aromatic nitrogens is 1. The van der Waals surface area contributed by atoms with Crippen molar-refractivity contribution in [1.82, 2.24) is 4.98 Å². The number of anilines is 1. The maximum absolute atomic E-state index is 12.4. The summed E-state index contributed by atoms with van der Waals surface area (Å²) in [6.45, 7) is 0. The first kappa shape index (κ1) is 18.7. The highest BCUT2D eigenvalue weighted by molar-refractivity contribution is 7.14. The molecule has 2 aromatic heterocycles. The smallest absolute Gasteiger partial charge is 0.337 e. The fourth-order valence-electron chi connectivity index (χ4n) is 2.76. The lowest BCUT2D eigenvalue weighted by atomic mass is 10.1. The summed E-state index contributed by atoms with van der Waals surface area (Å²) in [5, 5.41) is 5.91. The summed E-state index contributed by atoms with van der Waals surface area (Å²) >= 11 is 1.29. The molecule has 1 N–H and O–H groups in total. The molecule has 4 rings (SSSR count). The Hall–Kier alpha value is -3.65. The molecule has 2 heterocycles. The van der Waals surface area contributed by atoms with Crippen LogP contribution >= 0.6 is 11.3 Å². The van der Waals surface area contributed by atoms with Gasteiger partial charge in [0.15, 0.2) is 10.9 Å². The maximum atomic E-state index is 12.4. The molecule has 0 atom stereocenters. The summed E-state index contributed by atoms with van der Waals surface area (Å²) in [4.78, 5) is 28.3. The zero-order valence-electron chi connectivity index (χ0n) is 15.6. The normalized spacial score (nSPS) is 10.7. The number of nitrogens with one attached hydrogen (secondary N) is 1. The third-order valence-corrected chi connectivity index (χ3v) is 5.03. The molecule has 0 saturated carbocycles. The van der Waals surface area contributed by atoms with Crippen LogP contribution in [0.15, 0.2) is 58.3 Å². The van der Waals surface area contributed by atoms with E-state index in [1.807, 2.05) is 29.6 Å². The zero-order valence-corrected chi connectivity index (χ0v) is 16.4. The predicted molar refractivity (Wildman–Crippen MR) is 110 cm³/mol. The van der Waals surface area contributed by atoms with E-state index in [2.05, 4.69) is 15.0 Å². The molecule has 0 aliphatic heterocycles. The molecular weight excluding hydrogens is 392 g/mol. The highest BCUT2D eigenvalue weighted by Gasteiger charge is 2.14. The number of esters is 1. The highest BCUT2D eigenvalue weighted by atomic mass is 32.1. The number of amides is 1. The number of nitrogens with zero attached hydrogens (tertiary/aromatic N) is 1. The van der Waals surface area contributed by atoms with Gasteiger partial charge in [-0.1, -0.05) is 0 Å². The topological polar surface area (TPSA) is 90.7 Å². The van der Waals surface area contributed by atoms with Crippen molar-refractivity contribution in [2.24, 2.45) is 0 Å². The minimum atomic E-state index is -0.454. The molecule has 29 heavy (non-hydrogen) atoms. The number of thiazole rings is 1. The van der Waals surface area contributed by atoms with Gasteiger partial charge in [0.1, 0.15) is 17.0 Å². The molecule has 1 amide bonds. The van der Waals surface area contributed by atoms with Crippen LogP contribution < -0.4 is 10.1 Å². The van der Waals surface area contributed by atoms with Gasteiger partial charge in [0.05, 0.1) is 19.8 Å². The molecule has 0 saturated heterocycles. The van der Waals surface area contributed by atoms with E-state index in [9.17, 15) is 9.59 Å². The van der Waals surface area contributed by atoms with Crippen LogP contribution in [0.2, 0.25) is 0 Å². The number of benzene rings is 2. The largest absolute Gasteiger partial charge is 0.497 e. The Morgan fingerprint density at radius 1 is 1.03 bits per heavy atom. The minimum Gasteiger partial charge on any atom is -0.497 e. The first-order valence-electron chi connectivity index (χ1n) is 8.60. The molecule has 146 valence electrons. The van der Waals surface area contributed by atoms with E-state index in [0.29, 0.717) is 27.7 Å². The minimum absolute atomic E-state index is 0.323. The number of ether oxygens (including phenoxy) is 2. The van der Waals surface area contributed by atoms with Gasteiger partial charge in [0.25, 0.3) is 5.91 Å². The molecule has 0 bridgehead atoms. The van der Waals surface area contributed by atoms with Crippen LogP contribution in [0.3, 0.4) is 0 Å². The lowest BCUT2D eigenvalue weighted by molar-refractivity contribution is 0.0600. The van der Waals surface area contributed by atoms with Gasteiger partial charge in [-0.15, -0.1) is 11.3 Å². The summed E-state index contributed by atoms with van der Waals surface area (Å²) < 4.78 is 15.7. The summed E-state index contributed by atoms with van der Waals surface area (Å²) in [6.07, 6.45) is 0. The number of rotatable bonds is 5. The second kappa shape index (κ2) is 7.76. The van der Waals surface area contributed by atoms with Crippen molar-refractivity contribution in [3.8, 4) is 17.2 Å². The molecule has 0 aliphatic rings. The van der Waals surface area contributed by atoms with Crippen molar-refractivity contribution in [3.05, 3.63) is 65.0 Å². The Morgan fingerprint density at radius 2 is 1.79 bits per heavy atom. The zero-order chi connectivity index (χ0) is 20.4. The summed E-state index contributed by atoms with van der Waals surface area (Å²) in [5.41, 5.74) is 2.14. The molecule has 0 unspecified atom stereocenters. The van der Waals surface area contributed by atoms with Crippen LogP contribution in [-0.2, 0) is 4.74 Å². The van der Waals surface area contributed by atoms with Crippen LogP contribution in [0, 0.1) is 0 Å². The van der Waals surface area contributed by atoms with E-state index in [-0.39, 0.29) is 5.91 Å². The lowest BCUT2D eigenvalue weighted by Crippen LogP contribution is -2.12. The Balaban J connectivity index is 1.50. The van der Waals surface area contributed by atoms with Crippen molar-refractivity contribution in [2.75, 3.05) is 19.5 Å². The quantitative estimate of drug-likeness (QED) is 0.485. The number of hydrogen-bond donors (Lipinski definition) is 1. The predicted octanol–water partition coefficient (Wildman–Crippen LogP) is 4.60. The van der Waals surface area contributed by atoms with Crippen molar-refractivity contribution < 1.29 is 23.5 Å². The Bertz CT molecular complexity index is 1190. The van der Waals surface area contributed by atoms with Gasteiger partial charge in [0, 0.05) is 16.3 Å². The second-order valence-electron chi connectivity index (χ2n) is 6.08. The number of carbonyl (C=O) groups excluding carboxylic acids is 2. The molecule has 0 aliphatic carbocycles. The molecule has 0 fully saturated rings. The maximum Gasteiger partial charge on any atom is 0.337 e. The number of furan rings is 1. The molecule has 8 heteroatoms. The number of methoxy groups -OCH3 is 2. The fourth-order valence-corrected chi connectivity index (χ4v) is 3.46. The van der Waals surface area contributed by atoms with Crippen LogP contribution in [0.4, 0.5) is 5.13 Å². The summed E-state index contributed by atoms with van der Waals surface area (Å²) in [6, 6.07) is 13.6. The first-order chi connectivity index (χ1) is 14.1. The highest BCUT2D eigenvalue weighted by Crippen LogP contribution is 2.32. The van der Waals surface area contributed by atoms with E-state index < -0.39 is 5.97 Å². The summed E-state index contributed by atoms with van der Waals surface area (Å²) in [7, 11) is 2.92. The van der Waals surface area contributed by atoms with Gasteiger partial charge in [-0.05, 0) is 48.5 Å². The number of carbonyl (C=O) groups is 2. The van der Waals surface area contributed by atoms with E-state index in [1.165, 1.54) is 30.6 Å². The van der Waals surface area contributed by atoms with Crippen LogP contribution in [-0.4, -0.2) is 31.1 Å². The van der Waals surface area contributed by atoms with Gasteiger partial charge < -0.3 is 13.9 Å². The van der Waals surface area contributed by atoms with E-state index in [4.69, 9.17) is 9.15 Å². The van der Waals surface area contributed by atoms with E-state index in [0.717, 1.165) is 16.7 Å². The average molecular weight is 408 g/mol. The Morgan fingerprint density at radius 3 is 2.52 bits per heavy atom. The molecule has 0 radical (unpaired) electrons. The van der Waals surface area contributed by atoms with E-state index >= 15 is 0 Å². The van der Waals surface area contributed by atoms with E-state index in [1.54, 1.807) is 19.2 Å². The molecule has 7 nitrogen and oxygen atoms in total. The van der Waals surface area contributed by atoms with Gasteiger partial charge in [-0.3, -0.25) is 10.1 Å². The van der Waals surface area contributed by atoms with Gasteiger partial charge in [-0.25, -0.2) is 9.78 Å². The van der Waals surface area contributed by atoms with Gasteiger partial charge in [0.2, 0.25) is 0 Å². The van der Waals surface area contributed by atoms with Crippen molar-refractivity contribution >= 4 is 39.3 Å². The van der Waals surface area contributed by atoms with Crippen molar-refractivity contribution in [1.29, 1.82) is 0 Å². The third-order valence-electron chi connectivity index (χ3n) is 4.27. The molecular formula is C21H16N2O5S. The number of hydrogen-bond acceptors (Lipinski definition) is 7. The van der Waals surface area contributed by atoms with Crippen LogP contribution in [0.1, 0.15) is 20.7 Å². The molecule has 2 aromatic carbocycles. The molecule has 4 aromatic rings. The SMILES string of the molecule is COC(=O)c1ccc(C(=O)Nc2nc(-c3cc4cc(OC)ccc4o3)cs2)cc1. The molecule has 0 spiro atoms. The standard InChI is InChI=1S/C21H16N2O5S/c1-26-15-7-8-17-14(9-15)10-18(28-17)16-11-29-21(22-16)23-19(24)12-3-5-13(6-4-12)20(25)27-2/h3-11H,1-2H3,(H,22,23,24). The van der Waals surface area contributed by atoms with Gasteiger partial charge >= 0.3 is 5.97 Å². The second-order valence-corrected chi connectivity index (χ2v) is 6.93. The Kier molecular flexibility index (Phi) is 5.01. The lowest BCUT2D eigenvalue weighted by Gasteiger charge is -2.03. The van der Waals surface area contributed by atoms with Gasteiger partial charge in [-0.2, -0.15) is 0 Å². The monoisotopic (exact) mass is 408 g/mol. The number of fused-ring (bicyclic) bond motifs is 1. The first-order valence-corrected chi connectivity index (χ1v) is 9.48. The third kappa shape index (κ3) is 3.83. The van der Waals surface area contributed by atoms with Crippen molar-refractivity contribution in [3.63, 3.8) is 0 Å². The van der Waals surface area contributed by atoms with Crippen molar-refractivity contribution in [2.45, 2.75) is 0 Å². The average Bonchev–Trinajstić information content (AvgIpc) is 3.39. The van der Waals surface area contributed by atoms with Crippen LogP contribution in [0.25, 0.3) is 22.4 Å². The van der Waals surface area contributed by atoms with Crippen LogP contribution in [0.5, 0.6) is 5.75 Å². The summed E-state index contributed by atoms with van der Waals surface area (Å²) in [5.74, 6) is 0.573.